The van der Waals surface area contributed by atoms with Crippen molar-refractivity contribution >= 4 is 5.97 Å². The third-order valence-corrected chi connectivity index (χ3v) is 3.27. The molecular formula is C20H32O3. The number of carboxylic acids is 1. The number of aliphatic hydroxyl groups excluding tert-OH is 1. The van der Waals surface area contributed by atoms with Crippen molar-refractivity contribution in [3.63, 3.8) is 0 Å². The van der Waals surface area contributed by atoms with Gasteiger partial charge in [-0.05, 0) is 51.4 Å². The van der Waals surface area contributed by atoms with Gasteiger partial charge in [0.15, 0.2) is 0 Å². The molecule has 0 spiro atoms. The highest BCUT2D eigenvalue weighted by Gasteiger charge is 1.92. The van der Waals surface area contributed by atoms with E-state index in [4.69, 9.17) is 10.2 Å². The Kier molecular flexibility index (Phi) is 17.1. The van der Waals surface area contributed by atoms with Gasteiger partial charge in [0.25, 0.3) is 0 Å². The normalized spacial score (nSPS) is 12.4. The van der Waals surface area contributed by atoms with Crippen LogP contribution >= 0.6 is 0 Å². The summed E-state index contributed by atoms with van der Waals surface area (Å²) in [5.74, 6) is -0.721. The van der Waals surface area contributed by atoms with E-state index in [1.807, 2.05) is 0 Å². The Hall–Kier alpha value is -1.61. The Bertz CT molecular complexity index is 378. The van der Waals surface area contributed by atoms with Crippen molar-refractivity contribution in [3.05, 3.63) is 48.6 Å². The molecule has 3 nitrogen and oxygen atoms in total. The predicted molar refractivity (Wildman–Crippen MR) is 97.5 cm³/mol. The number of hydrogen-bond donors (Lipinski definition) is 2. The molecule has 0 aliphatic rings. The molecule has 0 aliphatic heterocycles. The van der Waals surface area contributed by atoms with E-state index < -0.39 is 5.97 Å². The number of hydrogen-bond acceptors (Lipinski definition) is 2. The fourth-order valence-corrected chi connectivity index (χ4v) is 1.97. The lowest BCUT2D eigenvalue weighted by Crippen LogP contribution is -1.92. The van der Waals surface area contributed by atoms with Crippen LogP contribution in [0.2, 0.25) is 0 Å². The lowest BCUT2D eigenvalue weighted by molar-refractivity contribution is -0.137. The van der Waals surface area contributed by atoms with Crippen LogP contribution in [-0.4, -0.2) is 22.8 Å². The average Bonchev–Trinajstić information content (AvgIpc) is 2.53. The Morgan fingerprint density at radius 2 is 1.13 bits per heavy atom. The summed E-state index contributed by atoms with van der Waals surface area (Å²) < 4.78 is 0. The van der Waals surface area contributed by atoms with E-state index >= 15 is 0 Å². The third-order valence-electron chi connectivity index (χ3n) is 3.27. The quantitative estimate of drug-likeness (QED) is 0.322. The van der Waals surface area contributed by atoms with Crippen LogP contribution in [0.3, 0.4) is 0 Å². The number of aliphatic hydroxyl groups is 1. The minimum atomic E-state index is -0.721. The molecule has 0 heterocycles. The van der Waals surface area contributed by atoms with E-state index in [1.54, 1.807) is 0 Å². The van der Waals surface area contributed by atoms with Crippen molar-refractivity contribution in [2.45, 2.75) is 64.2 Å². The highest BCUT2D eigenvalue weighted by molar-refractivity contribution is 5.66. The summed E-state index contributed by atoms with van der Waals surface area (Å²) in [6.45, 7) is 0.306. The second-order valence-electron chi connectivity index (χ2n) is 5.45. The number of carboxylic acid groups (broad SMARTS) is 1. The zero-order valence-electron chi connectivity index (χ0n) is 14.2. The first kappa shape index (κ1) is 21.4. The van der Waals surface area contributed by atoms with Crippen molar-refractivity contribution in [1.82, 2.24) is 0 Å². The van der Waals surface area contributed by atoms with Crippen molar-refractivity contribution in [2.24, 2.45) is 0 Å². The monoisotopic (exact) mass is 320 g/mol. The molecule has 0 rings (SSSR count). The first-order chi connectivity index (χ1) is 11.3. The summed E-state index contributed by atoms with van der Waals surface area (Å²) in [6, 6.07) is 0. The highest BCUT2D eigenvalue weighted by Crippen LogP contribution is 2.01. The molecule has 23 heavy (non-hydrogen) atoms. The van der Waals surface area contributed by atoms with Gasteiger partial charge in [0.2, 0.25) is 0 Å². The molecule has 0 atom stereocenters. The van der Waals surface area contributed by atoms with Crippen LogP contribution in [0.15, 0.2) is 48.6 Å². The van der Waals surface area contributed by atoms with Crippen LogP contribution in [0.1, 0.15) is 64.2 Å². The Morgan fingerprint density at radius 1 is 0.652 bits per heavy atom. The van der Waals surface area contributed by atoms with Crippen LogP contribution in [0, 0.1) is 0 Å². The van der Waals surface area contributed by atoms with Crippen molar-refractivity contribution in [2.75, 3.05) is 6.61 Å². The standard InChI is InChI=1S/C20H32O3/c21-19-17-15-13-11-9-7-5-3-1-2-4-6-8-10-12-14-16-18-20(22)23/h1,3-4,6-7,9-10,12,21H,2,5,8,11,13-19H2,(H,22,23). The fraction of sp³-hybridized carbons (Fsp3) is 0.550. The van der Waals surface area contributed by atoms with E-state index in [2.05, 4.69) is 48.6 Å². The van der Waals surface area contributed by atoms with E-state index in [9.17, 15) is 4.79 Å². The van der Waals surface area contributed by atoms with Crippen molar-refractivity contribution in [1.29, 1.82) is 0 Å². The van der Waals surface area contributed by atoms with Gasteiger partial charge >= 0.3 is 5.97 Å². The zero-order chi connectivity index (χ0) is 17.0. The van der Waals surface area contributed by atoms with Gasteiger partial charge in [-0.3, -0.25) is 4.79 Å². The summed E-state index contributed by atoms with van der Waals surface area (Å²) in [4.78, 5) is 10.3. The summed E-state index contributed by atoms with van der Waals surface area (Å²) in [5, 5.41) is 17.1. The maximum absolute atomic E-state index is 10.3. The molecule has 2 N–H and O–H groups in total. The average molecular weight is 320 g/mol. The van der Waals surface area contributed by atoms with Gasteiger partial charge in [-0.2, -0.15) is 0 Å². The predicted octanol–water partition coefficient (Wildman–Crippen LogP) is 5.19. The summed E-state index contributed by atoms with van der Waals surface area (Å²) in [6.07, 6.45) is 26.1. The van der Waals surface area contributed by atoms with E-state index in [0.29, 0.717) is 13.0 Å². The number of allylic oxidation sites excluding steroid dienone is 8. The molecule has 0 saturated carbocycles. The molecule has 3 heteroatoms. The van der Waals surface area contributed by atoms with Gasteiger partial charge < -0.3 is 10.2 Å². The molecule has 0 amide bonds. The Morgan fingerprint density at radius 3 is 1.61 bits per heavy atom. The summed E-state index contributed by atoms with van der Waals surface area (Å²) >= 11 is 0. The lowest BCUT2D eigenvalue weighted by atomic mass is 10.2. The van der Waals surface area contributed by atoms with Crippen LogP contribution in [-0.2, 0) is 4.79 Å². The molecule has 130 valence electrons. The summed E-state index contributed by atoms with van der Waals surface area (Å²) in [5.41, 5.74) is 0. The smallest absolute Gasteiger partial charge is 0.303 e. The minimum Gasteiger partial charge on any atom is -0.481 e. The van der Waals surface area contributed by atoms with Crippen LogP contribution < -0.4 is 0 Å². The lowest BCUT2D eigenvalue weighted by Gasteiger charge is -1.93. The SMILES string of the molecule is O=C(O)CCCC=CCC=CCC=CCC=CCCCCCO. The molecule has 0 unspecified atom stereocenters. The molecule has 0 aliphatic carbocycles. The maximum atomic E-state index is 10.3. The van der Waals surface area contributed by atoms with Crippen LogP contribution in [0.5, 0.6) is 0 Å². The number of carbonyl (C=O) groups is 1. The molecule has 0 aromatic carbocycles. The molecule has 0 fully saturated rings. The number of unbranched alkanes of at least 4 members (excludes halogenated alkanes) is 4. The zero-order valence-corrected chi connectivity index (χ0v) is 14.2. The first-order valence-corrected chi connectivity index (χ1v) is 8.70. The molecule has 0 radical (unpaired) electrons. The molecule has 0 saturated heterocycles. The van der Waals surface area contributed by atoms with E-state index in [-0.39, 0.29) is 6.42 Å². The number of aliphatic carboxylic acids is 1. The second kappa shape index (κ2) is 18.4. The maximum Gasteiger partial charge on any atom is 0.303 e. The topological polar surface area (TPSA) is 57.5 Å². The molecular weight excluding hydrogens is 288 g/mol. The van der Waals surface area contributed by atoms with Gasteiger partial charge in [-0.15, -0.1) is 0 Å². The van der Waals surface area contributed by atoms with Crippen LogP contribution in [0.25, 0.3) is 0 Å². The minimum absolute atomic E-state index is 0.252. The number of rotatable bonds is 15. The van der Waals surface area contributed by atoms with Gasteiger partial charge in [-0.1, -0.05) is 55.0 Å². The van der Waals surface area contributed by atoms with E-state index in [0.717, 1.165) is 51.4 Å². The Labute approximate surface area is 141 Å². The largest absolute Gasteiger partial charge is 0.481 e. The molecule has 0 aromatic heterocycles. The highest BCUT2D eigenvalue weighted by atomic mass is 16.4. The van der Waals surface area contributed by atoms with Crippen molar-refractivity contribution in [3.8, 4) is 0 Å². The fourth-order valence-electron chi connectivity index (χ4n) is 1.97. The Balaban J connectivity index is 3.39. The summed E-state index contributed by atoms with van der Waals surface area (Å²) in [7, 11) is 0. The second-order valence-corrected chi connectivity index (χ2v) is 5.45. The third kappa shape index (κ3) is 20.4. The molecule has 0 bridgehead atoms. The van der Waals surface area contributed by atoms with Gasteiger partial charge in [0.1, 0.15) is 0 Å². The van der Waals surface area contributed by atoms with Crippen molar-refractivity contribution < 1.29 is 15.0 Å². The van der Waals surface area contributed by atoms with Crippen LogP contribution in [0.4, 0.5) is 0 Å². The van der Waals surface area contributed by atoms with E-state index in [1.165, 1.54) is 0 Å². The van der Waals surface area contributed by atoms with Gasteiger partial charge in [-0.25, -0.2) is 0 Å². The molecule has 0 aromatic rings. The van der Waals surface area contributed by atoms with Gasteiger partial charge in [0, 0.05) is 13.0 Å². The first-order valence-electron chi connectivity index (χ1n) is 8.70. The van der Waals surface area contributed by atoms with Gasteiger partial charge in [0.05, 0.1) is 0 Å².